The van der Waals surface area contributed by atoms with Gasteiger partial charge >= 0.3 is 0 Å². The molecule has 1 atom stereocenters. The molecular formula is C26H55NO. The maximum Gasteiger partial charge on any atom is 0.105 e. The van der Waals surface area contributed by atoms with Crippen LogP contribution in [-0.2, 0) is 0 Å². The Kier molecular flexibility index (Phi) is 23.1. The summed E-state index contributed by atoms with van der Waals surface area (Å²) >= 11 is 0. The van der Waals surface area contributed by atoms with E-state index >= 15 is 0 Å². The van der Waals surface area contributed by atoms with Crippen LogP contribution in [0.25, 0.3) is 0 Å². The van der Waals surface area contributed by atoms with Gasteiger partial charge in [-0.2, -0.15) is 0 Å². The van der Waals surface area contributed by atoms with Crippen LogP contribution in [0.1, 0.15) is 155 Å². The van der Waals surface area contributed by atoms with Crippen LogP contribution in [-0.4, -0.2) is 11.3 Å². The van der Waals surface area contributed by atoms with Gasteiger partial charge in [0.2, 0.25) is 0 Å². The van der Waals surface area contributed by atoms with Crippen molar-refractivity contribution in [2.45, 2.75) is 161 Å². The average molecular weight is 398 g/mol. The molecule has 0 fully saturated rings. The van der Waals surface area contributed by atoms with Gasteiger partial charge in [-0.05, 0) is 18.8 Å². The van der Waals surface area contributed by atoms with Crippen LogP contribution in [0.15, 0.2) is 0 Å². The second kappa shape index (κ2) is 23.2. The molecule has 0 radical (unpaired) electrons. The fourth-order valence-corrected chi connectivity index (χ4v) is 4.27. The topological polar surface area (TPSA) is 46.2 Å². The number of rotatable bonds is 23. The first kappa shape index (κ1) is 27.9. The molecule has 170 valence electrons. The molecule has 0 rings (SSSR count). The average Bonchev–Trinajstić information content (AvgIpc) is 2.68. The molecule has 0 aliphatic rings. The van der Waals surface area contributed by atoms with Crippen LogP contribution in [0.2, 0.25) is 0 Å². The Balaban J connectivity index is 3.44. The van der Waals surface area contributed by atoms with Gasteiger partial charge in [0, 0.05) is 0 Å². The van der Waals surface area contributed by atoms with E-state index in [-0.39, 0.29) is 0 Å². The van der Waals surface area contributed by atoms with Crippen molar-refractivity contribution in [3.05, 3.63) is 0 Å². The van der Waals surface area contributed by atoms with E-state index in [2.05, 4.69) is 13.8 Å². The van der Waals surface area contributed by atoms with Gasteiger partial charge in [0.15, 0.2) is 0 Å². The Morgan fingerprint density at radius 1 is 0.464 bits per heavy atom. The molecule has 2 heteroatoms. The molecule has 1 unspecified atom stereocenters. The zero-order chi connectivity index (χ0) is 20.7. The first-order chi connectivity index (χ1) is 13.7. The maximum atomic E-state index is 9.88. The lowest BCUT2D eigenvalue weighted by molar-refractivity contribution is 0.0997. The standard InChI is InChI=1S/C26H55NO/c1-3-5-7-9-11-13-15-17-19-21-23-25(26(27)28)24-22-20-18-16-14-12-10-8-6-4-2/h25-26,28H,3-24,27H2,1-2H3. The fourth-order valence-electron chi connectivity index (χ4n) is 4.27. The zero-order valence-electron chi connectivity index (χ0n) is 19.7. The van der Waals surface area contributed by atoms with Crippen LogP contribution in [0, 0.1) is 5.92 Å². The highest BCUT2D eigenvalue weighted by Gasteiger charge is 2.14. The van der Waals surface area contributed by atoms with Crippen LogP contribution in [0.3, 0.4) is 0 Å². The van der Waals surface area contributed by atoms with Gasteiger partial charge in [-0.3, -0.25) is 0 Å². The summed E-state index contributed by atoms with van der Waals surface area (Å²) in [6, 6.07) is 0. The minimum atomic E-state index is -0.614. The summed E-state index contributed by atoms with van der Waals surface area (Å²) in [5.74, 6) is 0.322. The Morgan fingerprint density at radius 3 is 0.964 bits per heavy atom. The molecule has 0 spiro atoms. The Hall–Kier alpha value is -0.0800. The maximum absolute atomic E-state index is 9.88. The molecule has 0 amide bonds. The van der Waals surface area contributed by atoms with E-state index in [1.54, 1.807) is 0 Å². The number of hydrogen-bond donors (Lipinski definition) is 2. The summed E-state index contributed by atoms with van der Waals surface area (Å²) in [4.78, 5) is 0. The zero-order valence-corrected chi connectivity index (χ0v) is 19.7. The van der Waals surface area contributed by atoms with E-state index in [9.17, 15) is 5.11 Å². The monoisotopic (exact) mass is 397 g/mol. The third kappa shape index (κ3) is 20.6. The highest BCUT2D eigenvalue weighted by atomic mass is 16.3. The molecule has 0 heterocycles. The molecule has 0 bridgehead atoms. The largest absolute Gasteiger partial charge is 0.379 e. The molecule has 3 N–H and O–H groups in total. The fraction of sp³-hybridized carbons (Fsp3) is 1.00. The van der Waals surface area contributed by atoms with Gasteiger partial charge in [-0.25, -0.2) is 0 Å². The number of hydrogen-bond acceptors (Lipinski definition) is 2. The third-order valence-electron chi connectivity index (χ3n) is 6.34. The first-order valence-electron chi connectivity index (χ1n) is 13.2. The van der Waals surface area contributed by atoms with Gasteiger partial charge < -0.3 is 10.8 Å². The molecule has 0 aromatic carbocycles. The smallest absolute Gasteiger partial charge is 0.105 e. The summed E-state index contributed by atoms with van der Waals surface area (Å²) in [7, 11) is 0. The van der Waals surface area contributed by atoms with E-state index in [0.717, 1.165) is 12.8 Å². The van der Waals surface area contributed by atoms with Crippen LogP contribution >= 0.6 is 0 Å². The SMILES string of the molecule is CCCCCCCCCCCCC(CCCCCCCCCCCC)C(N)O. The minimum Gasteiger partial charge on any atom is -0.379 e. The van der Waals surface area contributed by atoms with Crippen molar-refractivity contribution < 1.29 is 5.11 Å². The number of unbranched alkanes of at least 4 members (excludes halogenated alkanes) is 18. The normalized spacial score (nSPS) is 12.8. The van der Waals surface area contributed by atoms with Crippen molar-refractivity contribution in [3.63, 3.8) is 0 Å². The lowest BCUT2D eigenvalue weighted by atomic mass is 9.93. The van der Waals surface area contributed by atoms with Crippen molar-refractivity contribution in [1.29, 1.82) is 0 Å². The quantitative estimate of drug-likeness (QED) is 0.134. The molecule has 0 aromatic rings. The summed E-state index contributed by atoms with van der Waals surface area (Å²) < 4.78 is 0. The molecule has 28 heavy (non-hydrogen) atoms. The van der Waals surface area contributed by atoms with Gasteiger partial charge in [0.25, 0.3) is 0 Å². The van der Waals surface area contributed by atoms with Crippen molar-refractivity contribution in [3.8, 4) is 0 Å². The van der Waals surface area contributed by atoms with Crippen LogP contribution in [0.4, 0.5) is 0 Å². The Bertz CT molecular complexity index is 256. The van der Waals surface area contributed by atoms with E-state index in [0.29, 0.717) is 5.92 Å². The van der Waals surface area contributed by atoms with Crippen molar-refractivity contribution in [2.24, 2.45) is 11.7 Å². The van der Waals surface area contributed by atoms with Crippen LogP contribution in [0.5, 0.6) is 0 Å². The second-order valence-electron chi connectivity index (χ2n) is 9.19. The van der Waals surface area contributed by atoms with Gasteiger partial charge in [0.1, 0.15) is 6.23 Å². The molecule has 0 aliphatic heterocycles. The highest BCUT2D eigenvalue weighted by molar-refractivity contribution is 4.65. The first-order valence-corrected chi connectivity index (χ1v) is 13.2. The Labute approximate surface area is 178 Å². The molecule has 0 aromatic heterocycles. The molecular weight excluding hydrogens is 342 g/mol. The summed E-state index contributed by atoms with van der Waals surface area (Å²) in [5, 5.41) is 9.88. The minimum absolute atomic E-state index is 0.322. The van der Waals surface area contributed by atoms with Gasteiger partial charge in [-0.15, -0.1) is 0 Å². The molecule has 2 nitrogen and oxygen atoms in total. The van der Waals surface area contributed by atoms with Crippen molar-refractivity contribution in [1.82, 2.24) is 0 Å². The number of aliphatic hydroxyl groups excluding tert-OH is 1. The predicted molar refractivity (Wildman–Crippen MR) is 127 cm³/mol. The van der Waals surface area contributed by atoms with Crippen LogP contribution < -0.4 is 5.73 Å². The van der Waals surface area contributed by atoms with E-state index < -0.39 is 6.23 Å². The summed E-state index contributed by atoms with van der Waals surface area (Å²) in [5.41, 5.74) is 5.83. The molecule has 0 aliphatic carbocycles. The third-order valence-corrected chi connectivity index (χ3v) is 6.34. The highest BCUT2D eigenvalue weighted by Crippen LogP contribution is 2.21. The predicted octanol–water partition coefficient (Wildman–Crippen LogP) is 8.50. The van der Waals surface area contributed by atoms with E-state index in [1.807, 2.05) is 0 Å². The van der Waals surface area contributed by atoms with Crippen molar-refractivity contribution in [2.75, 3.05) is 0 Å². The van der Waals surface area contributed by atoms with Crippen molar-refractivity contribution >= 4 is 0 Å². The lowest BCUT2D eigenvalue weighted by Crippen LogP contribution is -2.29. The number of aliphatic hydroxyl groups is 1. The van der Waals surface area contributed by atoms with E-state index in [4.69, 9.17) is 5.73 Å². The molecule has 0 saturated heterocycles. The van der Waals surface area contributed by atoms with E-state index in [1.165, 1.54) is 128 Å². The molecule has 0 saturated carbocycles. The summed E-state index contributed by atoms with van der Waals surface area (Å²) in [6.45, 7) is 4.56. The second-order valence-corrected chi connectivity index (χ2v) is 9.19. The Morgan fingerprint density at radius 2 is 0.714 bits per heavy atom. The van der Waals surface area contributed by atoms with Gasteiger partial charge in [0.05, 0.1) is 0 Å². The number of nitrogens with two attached hydrogens (primary N) is 1. The lowest BCUT2D eigenvalue weighted by Gasteiger charge is -2.19. The van der Waals surface area contributed by atoms with Gasteiger partial charge in [-0.1, -0.05) is 142 Å². The summed E-state index contributed by atoms with van der Waals surface area (Å²) in [6.07, 6.45) is 29.1.